The third-order valence-electron chi connectivity index (χ3n) is 6.68. The molecule has 0 radical (unpaired) electrons. The number of carbonyl (C=O) groups excluding carboxylic acids is 2. The zero-order valence-corrected chi connectivity index (χ0v) is 28.0. The molecule has 1 aliphatic carbocycles. The van der Waals surface area contributed by atoms with Crippen molar-refractivity contribution in [2.45, 2.75) is 59.8 Å². The maximum atomic E-state index is 12.7. The Kier molecular flexibility index (Phi) is 16.0. The van der Waals surface area contributed by atoms with Crippen LogP contribution in [0, 0.1) is 5.41 Å². The van der Waals surface area contributed by atoms with Crippen molar-refractivity contribution < 1.29 is 9.59 Å². The van der Waals surface area contributed by atoms with Crippen molar-refractivity contribution in [2.24, 2.45) is 11.1 Å². The first kappa shape index (κ1) is 35.9. The smallest absolute Gasteiger partial charge is 0.254 e. The third-order valence-corrected chi connectivity index (χ3v) is 8.20. The second-order valence-electron chi connectivity index (χ2n) is 10.6. The van der Waals surface area contributed by atoms with E-state index in [1.807, 2.05) is 67.2 Å². The fourth-order valence-electron chi connectivity index (χ4n) is 3.58. The van der Waals surface area contributed by atoms with Crippen LogP contribution in [0.25, 0.3) is 21.5 Å². The number of pyridine rings is 1. The number of hydrogen-bond acceptors (Lipinski definition) is 8. The second kappa shape index (κ2) is 19.1. The van der Waals surface area contributed by atoms with E-state index in [0.29, 0.717) is 28.9 Å². The Morgan fingerprint density at radius 1 is 1.09 bits per heavy atom. The quantitative estimate of drug-likeness (QED) is 0.152. The number of anilines is 2. The molecule has 1 amide bonds. The molecule has 5 rings (SSSR count). The van der Waals surface area contributed by atoms with Crippen LogP contribution in [0.2, 0.25) is 0 Å². The molecule has 0 aliphatic heterocycles. The van der Waals surface area contributed by atoms with Crippen LogP contribution in [0.4, 0.5) is 11.4 Å². The highest BCUT2D eigenvalue weighted by molar-refractivity contribution is 7.98. The molecule has 2 aromatic heterocycles. The Balaban J connectivity index is 0.000000384. The van der Waals surface area contributed by atoms with Crippen molar-refractivity contribution >= 4 is 57.6 Å². The van der Waals surface area contributed by atoms with Gasteiger partial charge in [0.2, 0.25) is 0 Å². The summed E-state index contributed by atoms with van der Waals surface area (Å²) < 4.78 is 0. The maximum absolute atomic E-state index is 12.7. The summed E-state index contributed by atoms with van der Waals surface area (Å²) in [5.41, 5.74) is 9.11. The molecule has 1 fully saturated rings. The summed E-state index contributed by atoms with van der Waals surface area (Å²) in [6.45, 7) is 9.34. The van der Waals surface area contributed by atoms with Crippen LogP contribution >= 0.6 is 23.1 Å². The number of para-hydroxylation sites is 1. The van der Waals surface area contributed by atoms with E-state index in [0.717, 1.165) is 33.4 Å². The molecule has 7 nitrogen and oxygen atoms in total. The summed E-state index contributed by atoms with van der Waals surface area (Å²) in [4.78, 5) is 32.4. The standard InChI is InChI=1S/C22H18N4O2S.C8H18S.C3H6.CH5N/c1-2-23-21(28)18-11-24-19-9-8-14(22-26-16(12-27)13-29-22)10-17(19)20(18)25-15-6-4-3-5-7-15;1-5-8(2,3)6-7-9-4;1-2-3-1;1-2/h3-13H,2H2,1H3,(H,23,28)(H,24,25);5-7H2,1-4H3;1-3H2;2H2,1H3. The van der Waals surface area contributed by atoms with Crippen LogP contribution in [-0.4, -0.2) is 47.8 Å². The fraction of sp³-hybridized carbons (Fsp3) is 0.412. The predicted molar refractivity (Wildman–Crippen MR) is 187 cm³/mol. The highest BCUT2D eigenvalue weighted by Gasteiger charge is 2.17. The number of rotatable bonds is 10. The predicted octanol–water partition coefficient (Wildman–Crippen LogP) is 8.59. The van der Waals surface area contributed by atoms with Gasteiger partial charge < -0.3 is 16.4 Å². The van der Waals surface area contributed by atoms with Gasteiger partial charge in [-0.3, -0.25) is 14.6 Å². The van der Waals surface area contributed by atoms with Crippen LogP contribution in [0.3, 0.4) is 0 Å². The number of nitrogens with two attached hydrogens (primary N) is 1. The van der Waals surface area contributed by atoms with Crippen molar-refractivity contribution in [3.63, 3.8) is 0 Å². The van der Waals surface area contributed by atoms with E-state index in [1.54, 1.807) is 11.6 Å². The Hall–Kier alpha value is -3.27. The minimum atomic E-state index is -0.191. The van der Waals surface area contributed by atoms with Crippen LogP contribution in [-0.2, 0) is 0 Å². The first-order chi connectivity index (χ1) is 20.8. The van der Waals surface area contributed by atoms with Crippen LogP contribution < -0.4 is 16.4 Å². The maximum Gasteiger partial charge on any atom is 0.254 e. The highest BCUT2D eigenvalue weighted by atomic mass is 32.2. The molecule has 0 saturated heterocycles. The second-order valence-corrected chi connectivity index (χ2v) is 12.5. The number of thiazole rings is 1. The molecular weight excluding hydrogens is 575 g/mol. The number of nitrogens with one attached hydrogen (secondary N) is 2. The molecular formula is C34H47N5O2S2. The summed E-state index contributed by atoms with van der Waals surface area (Å²) in [6, 6.07) is 15.4. The molecule has 9 heteroatoms. The van der Waals surface area contributed by atoms with Gasteiger partial charge in [-0.25, -0.2) is 4.98 Å². The first-order valence-electron chi connectivity index (χ1n) is 14.8. The van der Waals surface area contributed by atoms with Crippen LogP contribution in [0.5, 0.6) is 0 Å². The monoisotopic (exact) mass is 621 g/mol. The summed E-state index contributed by atoms with van der Waals surface area (Å²) in [7, 11) is 1.50. The van der Waals surface area contributed by atoms with Crippen LogP contribution in [0.15, 0.2) is 60.1 Å². The van der Waals surface area contributed by atoms with E-state index in [9.17, 15) is 9.59 Å². The molecule has 43 heavy (non-hydrogen) atoms. The molecule has 232 valence electrons. The Morgan fingerprint density at radius 2 is 1.79 bits per heavy atom. The molecule has 0 spiro atoms. The number of carbonyl (C=O) groups is 2. The first-order valence-corrected chi connectivity index (χ1v) is 17.1. The normalized spacial score (nSPS) is 11.5. The van der Waals surface area contributed by atoms with E-state index in [4.69, 9.17) is 0 Å². The van der Waals surface area contributed by atoms with Gasteiger partial charge in [0.25, 0.3) is 5.91 Å². The Morgan fingerprint density at radius 3 is 2.35 bits per heavy atom. The van der Waals surface area contributed by atoms with E-state index < -0.39 is 0 Å². The lowest BCUT2D eigenvalue weighted by molar-refractivity contribution is 0.0956. The molecule has 4 N–H and O–H groups in total. The molecule has 1 saturated carbocycles. The van der Waals surface area contributed by atoms with Crippen molar-refractivity contribution in [1.82, 2.24) is 15.3 Å². The minimum absolute atomic E-state index is 0.191. The van der Waals surface area contributed by atoms with E-state index in [-0.39, 0.29) is 5.91 Å². The number of amides is 1. The van der Waals surface area contributed by atoms with Gasteiger partial charge in [-0.2, -0.15) is 11.8 Å². The summed E-state index contributed by atoms with van der Waals surface area (Å²) >= 11 is 3.35. The molecule has 0 unspecified atom stereocenters. The average molecular weight is 622 g/mol. The van der Waals surface area contributed by atoms with E-state index in [2.05, 4.69) is 53.4 Å². The average Bonchev–Trinajstić information content (AvgIpc) is 3.86. The number of benzene rings is 2. The number of aldehydes is 1. The van der Waals surface area contributed by atoms with E-state index >= 15 is 0 Å². The molecule has 4 aromatic rings. The molecule has 2 aromatic carbocycles. The lowest BCUT2D eigenvalue weighted by atomic mass is 9.87. The largest absolute Gasteiger partial charge is 0.354 e. The van der Waals surface area contributed by atoms with Gasteiger partial charge in [-0.05, 0) is 68.1 Å². The lowest BCUT2D eigenvalue weighted by Crippen LogP contribution is -2.23. The molecule has 2 heterocycles. The van der Waals surface area contributed by atoms with Gasteiger partial charge >= 0.3 is 0 Å². The number of fused-ring (bicyclic) bond motifs is 1. The summed E-state index contributed by atoms with van der Waals surface area (Å²) in [5, 5.41) is 9.48. The van der Waals surface area contributed by atoms with Gasteiger partial charge in [-0.15, -0.1) is 11.3 Å². The Bertz CT molecular complexity index is 1400. The fourth-order valence-corrected chi connectivity index (χ4v) is 5.10. The lowest BCUT2D eigenvalue weighted by Gasteiger charge is -2.21. The number of aromatic nitrogens is 2. The van der Waals surface area contributed by atoms with Crippen molar-refractivity contribution in [3.05, 3.63) is 71.4 Å². The van der Waals surface area contributed by atoms with Crippen molar-refractivity contribution in [1.29, 1.82) is 0 Å². The number of nitrogens with zero attached hydrogens (tertiary/aromatic N) is 2. The number of thioether (sulfide) groups is 1. The Labute approximate surface area is 265 Å². The zero-order valence-electron chi connectivity index (χ0n) is 26.4. The summed E-state index contributed by atoms with van der Waals surface area (Å²) in [6.07, 6.45) is 11.6. The molecule has 1 aliphatic rings. The number of hydrogen-bond donors (Lipinski definition) is 3. The van der Waals surface area contributed by atoms with Gasteiger partial charge in [0, 0.05) is 34.8 Å². The minimum Gasteiger partial charge on any atom is -0.354 e. The molecule has 0 bridgehead atoms. The van der Waals surface area contributed by atoms with E-state index in [1.165, 1.54) is 56.2 Å². The van der Waals surface area contributed by atoms with Gasteiger partial charge in [0.15, 0.2) is 6.29 Å². The molecule has 0 atom stereocenters. The SMILES string of the molecule is C1CC1.CCC(C)(C)CCSC.CCNC(=O)c1cnc2ccc(-c3nc(C=O)cs3)cc2c1Nc1ccccc1.CN. The highest BCUT2D eigenvalue weighted by Crippen LogP contribution is 2.33. The van der Waals surface area contributed by atoms with Gasteiger partial charge in [-0.1, -0.05) is 64.7 Å². The van der Waals surface area contributed by atoms with Gasteiger partial charge in [0.1, 0.15) is 10.7 Å². The third kappa shape index (κ3) is 12.1. The zero-order chi connectivity index (χ0) is 31.7. The van der Waals surface area contributed by atoms with Crippen LogP contribution in [0.1, 0.15) is 80.6 Å². The van der Waals surface area contributed by atoms with Crippen molar-refractivity contribution in [2.75, 3.05) is 30.9 Å². The van der Waals surface area contributed by atoms with Crippen molar-refractivity contribution in [3.8, 4) is 10.6 Å². The topological polar surface area (TPSA) is 110 Å². The van der Waals surface area contributed by atoms with Gasteiger partial charge in [0.05, 0.1) is 16.8 Å². The summed E-state index contributed by atoms with van der Waals surface area (Å²) in [5.74, 6) is 1.11.